The molecule has 3 heteroatoms. The molecule has 0 heterocycles. The number of aliphatic hydroxyl groups excluding tert-OH is 1. The Kier molecular flexibility index (Phi) is 8.19. The maximum absolute atomic E-state index is 12.3. The number of esters is 1. The second-order valence-electron chi connectivity index (χ2n) is 11.1. The first kappa shape index (κ1) is 25.2. The van der Waals surface area contributed by atoms with Crippen LogP contribution in [0.4, 0.5) is 0 Å². The predicted molar refractivity (Wildman–Crippen MR) is 111 cm³/mol. The molecule has 0 aromatic rings. The largest absolute Gasteiger partial charge is 0.458 e. The van der Waals surface area contributed by atoms with E-state index in [0.717, 1.165) is 19.3 Å². The maximum Gasteiger partial charge on any atom is 0.333 e. The molecule has 0 aliphatic heterocycles. The van der Waals surface area contributed by atoms with Crippen LogP contribution in [0.25, 0.3) is 0 Å². The van der Waals surface area contributed by atoms with Gasteiger partial charge in [-0.1, -0.05) is 82.2 Å². The zero-order valence-corrected chi connectivity index (χ0v) is 19.2. The molecule has 0 aliphatic rings. The van der Waals surface area contributed by atoms with E-state index in [9.17, 15) is 9.90 Å². The lowest BCUT2D eigenvalue weighted by molar-refractivity contribution is -0.169. The number of hydrogen-bond acceptors (Lipinski definition) is 3. The number of ether oxygens (including phenoxy) is 1. The number of carbonyl (C=O) groups is 1. The van der Waals surface area contributed by atoms with Crippen LogP contribution in [-0.2, 0) is 9.53 Å². The Morgan fingerprint density at radius 2 is 1.42 bits per heavy atom. The summed E-state index contributed by atoms with van der Waals surface area (Å²) in [5, 5.41) is 11.1. The van der Waals surface area contributed by atoms with E-state index in [-0.39, 0.29) is 22.9 Å². The van der Waals surface area contributed by atoms with E-state index in [1.54, 1.807) is 6.92 Å². The molecule has 26 heavy (non-hydrogen) atoms. The van der Waals surface area contributed by atoms with Gasteiger partial charge in [0, 0.05) is 11.0 Å². The number of carbonyl (C=O) groups excluding carboxylic acids is 1. The standard InChI is InChI=1S/C23H44O3/c1-13-21(7,8)14-17(24)22(9,10)23(11,12)18(15-20(4,5)6)26-19(25)16(2)3/h17-18,24H,2,13-15H2,1,3-12H3. The van der Waals surface area contributed by atoms with Crippen molar-refractivity contribution in [3.05, 3.63) is 12.2 Å². The SMILES string of the molecule is C=C(C)C(=O)OC(CC(C)(C)C)C(C)(C)C(C)(C)C(O)CC(C)(C)CC. The van der Waals surface area contributed by atoms with Gasteiger partial charge in [-0.25, -0.2) is 4.79 Å². The Labute approximate surface area is 162 Å². The van der Waals surface area contributed by atoms with E-state index in [2.05, 4.69) is 75.8 Å². The molecule has 0 fully saturated rings. The first-order valence-electron chi connectivity index (χ1n) is 9.92. The van der Waals surface area contributed by atoms with Gasteiger partial charge in [-0.05, 0) is 36.0 Å². The van der Waals surface area contributed by atoms with Crippen LogP contribution in [0.2, 0.25) is 0 Å². The summed E-state index contributed by atoms with van der Waals surface area (Å²) in [5.74, 6) is -0.355. The summed E-state index contributed by atoms with van der Waals surface area (Å²) in [4.78, 5) is 12.3. The van der Waals surface area contributed by atoms with Crippen LogP contribution in [0, 0.1) is 21.7 Å². The molecule has 0 saturated heterocycles. The van der Waals surface area contributed by atoms with Crippen molar-refractivity contribution < 1.29 is 14.6 Å². The Hall–Kier alpha value is -0.830. The third kappa shape index (κ3) is 6.72. The summed E-state index contributed by atoms with van der Waals surface area (Å²) in [6, 6.07) is 0. The van der Waals surface area contributed by atoms with Crippen LogP contribution in [0.5, 0.6) is 0 Å². The van der Waals surface area contributed by atoms with Gasteiger partial charge >= 0.3 is 5.97 Å². The van der Waals surface area contributed by atoms with Gasteiger partial charge in [0.2, 0.25) is 0 Å². The molecular weight excluding hydrogens is 324 g/mol. The zero-order chi connectivity index (χ0) is 21.1. The van der Waals surface area contributed by atoms with Gasteiger partial charge in [0.25, 0.3) is 0 Å². The van der Waals surface area contributed by atoms with Gasteiger partial charge in [-0.2, -0.15) is 0 Å². The Bertz CT molecular complexity index is 492. The van der Waals surface area contributed by atoms with Crippen LogP contribution < -0.4 is 0 Å². The van der Waals surface area contributed by atoms with E-state index >= 15 is 0 Å². The van der Waals surface area contributed by atoms with Gasteiger partial charge in [-0.3, -0.25) is 0 Å². The molecule has 0 bridgehead atoms. The third-order valence-corrected chi connectivity index (χ3v) is 6.40. The summed E-state index contributed by atoms with van der Waals surface area (Å²) in [6.07, 6.45) is 1.67. The molecule has 0 aromatic heterocycles. The average Bonchev–Trinajstić information content (AvgIpc) is 2.44. The van der Waals surface area contributed by atoms with Gasteiger partial charge < -0.3 is 9.84 Å². The average molecular weight is 369 g/mol. The fraction of sp³-hybridized carbons (Fsp3) is 0.870. The molecule has 2 atom stereocenters. The molecule has 3 nitrogen and oxygen atoms in total. The van der Waals surface area contributed by atoms with E-state index in [1.165, 1.54) is 0 Å². The molecule has 0 aromatic carbocycles. The first-order chi connectivity index (χ1) is 11.4. The summed E-state index contributed by atoms with van der Waals surface area (Å²) < 4.78 is 5.90. The summed E-state index contributed by atoms with van der Waals surface area (Å²) in [7, 11) is 0. The molecule has 0 saturated carbocycles. The second kappa shape index (κ2) is 8.46. The summed E-state index contributed by atoms with van der Waals surface area (Å²) in [5.41, 5.74) is -0.355. The van der Waals surface area contributed by atoms with Crippen LogP contribution >= 0.6 is 0 Å². The van der Waals surface area contributed by atoms with E-state index < -0.39 is 16.9 Å². The molecule has 0 aliphatic carbocycles. The van der Waals surface area contributed by atoms with Crippen LogP contribution in [-0.4, -0.2) is 23.3 Å². The van der Waals surface area contributed by atoms with Gasteiger partial charge in [0.1, 0.15) is 6.10 Å². The fourth-order valence-electron chi connectivity index (χ4n) is 3.00. The van der Waals surface area contributed by atoms with Crippen LogP contribution in [0.15, 0.2) is 12.2 Å². The minimum Gasteiger partial charge on any atom is -0.458 e. The molecule has 0 amide bonds. The Morgan fingerprint density at radius 1 is 0.962 bits per heavy atom. The van der Waals surface area contributed by atoms with E-state index in [4.69, 9.17) is 4.74 Å². The third-order valence-electron chi connectivity index (χ3n) is 6.40. The molecule has 2 unspecified atom stereocenters. The highest BCUT2D eigenvalue weighted by atomic mass is 16.5. The molecule has 0 radical (unpaired) electrons. The number of aliphatic hydroxyl groups is 1. The zero-order valence-electron chi connectivity index (χ0n) is 19.2. The minimum absolute atomic E-state index is 0.00101. The molecular formula is C23H44O3. The lowest BCUT2D eigenvalue weighted by atomic mass is 9.58. The maximum atomic E-state index is 12.3. The summed E-state index contributed by atoms with van der Waals surface area (Å²) in [6.45, 7) is 26.8. The van der Waals surface area contributed by atoms with Crippen molar-refractivity contribution in [2.24, 2.45) is 21.7 Å². The first-order valence-corrected chi connectivity index (χ1v) is 9.92. The Morgan fingerprint density at radius 3 is 1.77 bits per heavy atom. The number of rotatable bonds is 9. The molecule has 0 rings (SSSR count). The van der Waals surface area contributed by atoms with Gasteiger partial charge in [0.15, 0.2) is 0 Å². The number of hydrogen-bond donors (Lipinski definition) is 1. The lowest BCUT2D eigenvalue weighted by Gasteiger charge is -2.51. The second-order valence-corrected chi connectivity index (χ2v) is 11.1. The molecule has 154 valence electrons. The van der Waals surface area contributed by atoms with Crippen LogP contribution in [0.3, 0.4) is 0 Å². The van der Waals surface area contributed by atoms with Crippen molar-refractivity contribution in [1.82, 2.24) is 0 Å². The predicted octanol–water partition coefficient (Wildman–Crippen LogP) is 6.15. The highest BCUT2D eigenvalue weighted by Gasteiger charge is 2.50. The highest BCUT2D eigenvalue weighted by molar-refractivity contribution is 5.87. The minimum atomic E-state index is -0.488. The van der Waals surface area contributed by atoms with Crippen molar-refractivity contribution in [3.8, 4) is 0 Å². The summed E-state index contributed by atoms with van der Waals surface area (Å²) >= 11 is 0. The van der Waals surface area contributed by atoms with E-state index in [1.807, 2.05) is 0 Å². The van der Waals surface area contributed by atoms with Crippen LogP contribution in [0.1, 0.15) is 95.4 Å². The fourth-order valence-corrected chi connectivity index (χ4v) is 3.00. The molecule has 1 N–H and O–H groups in total. The Balaban J connectivity index is 5.78. The van der Waals surface area contributed by atoms with Crippen molar-refractivity contribution in [2.45, 2.75) is 108 Å². The van der Waals surface area contributed by atoms with Gasteiger partial charge in [-0.15, -0.1) is 0 Å². The lowest BCUT2D eigenvalue weighted by Crippen LogP contribution is -2.52. The van der Waals surface area contributed by atoms with Crippen molar-refractivity contribution in [3.63, 3.8) is 0 Å². The van der Waals surface area contributed by atoms with Crippen molar-refractivity contribution in [1.29, 1.82) is 0 Å². The van der Waals surface area contributed by atoms with Gasteiger partial charge in [0.05, 0.1) is 6.10 Å². The smallest absolute Gasteiger partial charge is 0.333 e. The highest BCUT2D eigenvalue weighted by Crippen LogP contribution is 2.50. The quantitative estimate of drug-likeness (QED) is 0.392. The van der Waals surface area contributed by atoms with Crippen molar-refractivity contribution >= 4 is 5.97 Å². The topological polar surface area (TPSA) is 46.5 Å². The monoisotopic (exact) mass is 368 g/mol. The van der Waals surface area contributed by atoms with Crippen molar-refractivity contribution in [2.75, 3.05) is 0 Å². The van der Waals surface area contributed by atoms with E-state index in [0.29, 0.717) is 5.57 Å². The normalized spacial score (nSPS) is 16.2. The molecule has 0 spiro atoms.